The van der Waals surface area contributed by atoms with E-state index in [4.69, 9.17) is 4.74 Å². The van der Waals surface area contributed by atoms with Gasteiger partial charge in [0, 0.05) is 32.2 Å². The summed E-state index contributed by atoms with van der Waals surface area (Å²) in [5.74, 6) is 0.368. The van der Waals surface area contributed by atoms with Crippen molar-refractivity contribution < 1.29 is 17.9 Å². The molecule has 2 fully saturated rings. The van der Waals surface area contributed by atoms with Crippen molar-refractivity contribution in [1.82, 2.24) is 14.9 Å². The first-order valence-corrected chi connectivity index (χ1v) is 12.4. The first-order valence-electron chi connectivity index (χ1n) is 10.9. The molecule has 0 unspecified atom stereocenters. The normalized spacial score (nSPS) is 22.9. The minimum Gasteiger partial charge on any atom is -0.444 e. The van der Waals surface area contributed by atoms with Gasteiger partial charge in [-0.05, 0) is 70.1 Å². The summed E-state index contributed by atoms with van der Waals surface area (Å²) < 4.78 is 32.2. The van der Waals surface area contributed by atoms with E-state index < -0.39 is 15.6 Å². The summed E-state index contributed by atoms with van der Waals surface area (Å²) in [6, 6.07) is 7.52. The number of alkyl carbamates (subject to hydrolysis) is 1. The molecule has 30 heavy (non-hydrogen) atoms. The van der Waals surface area contributed by atoms with E-state index in [2.05, 4.69) is 10.6 Å². The first-order chi connectivity index (χ1) is 14.1. The molecule has 2 N–H and O–H groups in total. The largest absolute Gasteiger partial charge is 0.444 e. The molecule has 1 heterocycles. The van der Waals surface area contributed by atoms with Gasteiger partial charge in [0.05, 0.1) is 4.90 Å². The van der Waals surface area contributed by atoms with Crippen LogP contribution in [-0.2, 0) is 21.3 Å². The quantitative estimate of drug-likeness (QED) is 0.684. The molecule has 1 aromatic carbocycles. The smallest absolute Gasteiger partial charge is 0.407 e. The first kappa shape index (κ1) is 23.0. The number of carbonyl (C=O) groups is 1. The van der Waals surface area contributed by atoms with Crippen LogP contribution in [0.1, 0.15) is 58.4 Å². The highest BCUT2D eigenvalue weighted by atomic mass is 32.2. The second kappa shape index (κ2) is 9.66. The van der Waals surface area contributed by atoms with Crippen LogP contribution in [0.4, 0.5) is 4.79 Å². The van der Waals surface area contributed by atoms with Crippen molar-refractivity contribution in [2.24, 2.45) is 5.92 Å². The fourth-order valence-corrected chi connectivity index (χ4v) is 5.70. The predicted molar refractivity (Wildman–Crippen MR) is 117 cm³/mol. The lowest BCUT2D eigenvalue weighted by molar-refractivity contribution is 0.0517. The number of hydrogen-bond acceptors (Lipinski definition) is 5. The van der Waals surface area contributed by atoms with E-state index in [9.17, 15) is 13.2 Å². The zero-order chi connectivity index (χ0) is 21.8. The second-order valence-electron chi connectivity index (χ2n) is 9.32. The molecule has 8 heteroatoms. The molecule has 3 rings (SSSR count). The molecule has 2 atom stereocenters. The lowest BCUT2D eigenvalue weighted by atomic mass is 10.0. The van der Waals surface area contributed by atoms with E-state index in [1.54, 1.807) is 16.4 Å². The maximum atomic E-state index is 12.6. The number of nitrogens with one attached hydrogen (secondary N) is 2. The SMILES string of the molecule is CC(C)(C)OC(=O)NC[C@H]1CCC[C@@H]1NCc1ccc(S(=O)(=O)N2CCCC2)cc1. The summed E-state index contributed by atoms with van der Waals surface area (Å²) in [6.45, 7) is 8.08. The van der Waals surface area contributed by atoms with Crippen molar-refractivity contribution in [3.05, 3.63) is 29.8 Å². The van der Waals surface area contributed by atoms with Gasteiger partial charge in [0.1, 0.15) is 5.60 Å². The fourth-order valence-electron chi connectivity index (χ4n) is 4.18. The Balaban J connectivity index is 1.49. The molecule has 0 radical (unpaired) electrons. The van der Waals surface area contributed by atoms with E-state index in [0.29, 0.717) is 43.0 Å². The zero-order valence-corrected chi connectivity index (χ0v) is 19.1. The van der Waals surface area contributed by atoms with Gasteiger partial charge >= 0.3 is 6.09 Å². The minimum absolute atomic E-state index is 0.327. The molecule has 1 aliphatic heterocycles. The number of benzene rings is 1. The molecule has 7 nitrogen and oxygen atoms in total. The van der Waals surface area contributed by atoms with E-state index in [0.717, 1.165) is 37.7 Å². The number of hydrogen-bond donors (Lipinski definition) is 2. The van der Waals surface area contributed by atoms with Gasteiger partial charge in [0.15, 0.2) is 0 Å². The van der Waals surface area contributed by atoms with E-state index in [1.807, 2.05) is 32.9 Å². The molecule has 1 amide bonds. The number of amides is 1. The van der Waals surface area contributed by atoms with Gasteiger partial charge in [-0.25, -0.2) is 13.2 Å². The number of carbonyl (C=O) groups excluding carboxylic acids is 1. The summed E-state index contributed by atoms with van der Waals surface area (Å²) in [7, 11) is -3.36. The zero-order valence-electron chi connectivity index (χ0n) is 18.3. The van der Waals surface area contributed by atoms with E-state index in [1.165, 1.54) is 0 Å². The molecule has 1 aliphatic carbocycles. The summed E-state index contributed by atoms with van der Waals surface area (Å²) in [5, 5.41) is 6.47. The van der Waals surface area contributed by atoms with Crippen molar-refractivity contribution in [3.8, 4) is 0 Å². The van der Waals surface area contributed by atoms with E-state index in [-0.39, 0.29) is 6.09 Å². The molecule has 0 spiro atoms. The van der Waals surface area contributed by atoms with Crippen molar-refractivity contribution >= 4 is 16.1 Å². The highest BCUT2D eigenvalue weighted by Gasteiger charge is 2.29. The Kier molecular flexibility index (Phi) is 7.42. The molecule has 2 aliphatic rings. The van der Waals surface area contributed by atoms with Crippen LogP contribution in [0.25, 0.3) is 0 Å². The lowest BCUT2D eigenvalue weighted by Gasteiger charge is -2.24. The molecule has 168 valence electrons. The van der Waals surface area contributed by atoms with Crippen LogP contribution in [-0.4, -0.2) is 50.1 Å². The topological polar surface area (TPSA) is 87.7 Å². The summed E-state index contributed by atoms with van der Waals surface area (Å²) >= 11 is 0. The van der Waals surface area contributed by atoms with Crippen LogP contribution in [0.5, 0.6) is 0 Å². The number of ether oxygens (including phenoxy) is 1. The molecule has 0 bridgehead atoms. The summed E-state index contributed by atoms with van der Waals surface area (Å²) in [5.41, 5.74) is 0.562. The van der Waals surface area contributed by atoms with E-state index >= 15 is 0 Å². The van der Waals surface area contributed by atoms with Gasteiger partial charge in [0.25, 0.3) is 0 Å². The highest BCUT2D eigenvalue weighted by molar-refractivity contribution is 7.89. The third-order valence-electron chi connectivity index (χ3n) is 5.76. The monoisotopic (exact) mass is 437 g/mol. The Morgan fingerprint density at radius 3 is 2.40 bits per heavy atom. The Morgan fingerprint density at radius 1 is 1.10 bits per heavy atom. The van der Waals surface area contributed by atoms with Gasteiger partial charge in [-0.15, -0.1) is 0 Å². The van der Waals surface area contributed by atoms with Crippen molar-refractivity contribution in [1.29, 1.82) is 0 Å². The minimum atomic E-state index is -3.36. The molecule has 1 saturated carbocycles. The van der Waals surface area contributed by atoms with Crippen LogP contribution in [0.15, 0.2) is 29.2 Å². The van der Waals surface area contributed by atoms with Crippen molar-refractivity contribution in [2.45, 2.75) is 76.0 Å². The number of sulfonamides is 1. The molecule has 0 aromatic heterocycles. The third kappa shape index (κ3) is 6.18. The fraction of sp³-hybridized carbons (Fsp3) is 0.682. The highest BCUT2D eigenvalue weighted by Crippen LogP contribution is 2.26. The Morgan fingerprint density at radius 2 is 1.77 bits per heavy atom. The molecule has 1 saturated heterocycles. The third-order valence-corrected chi connectivity index (χ3v) is 7.67. The maximum Gasteiger partial charge on any atom is 0.407 e. The Bertz CT molecular complexity index is 812. The second-order valence-corrected chi connectivity index (χ2v) is 11.3. The number of nitrogens with zero attached hydrogens (tertiary/aromatic N) is 1. The number of rotatable bonds is 7. The average molecular weight is 438 g/mol. The van der Waals surface area contributed by atoms with Crippen molar-refractivity contribution in [2.75, 3.05) is 19.6 Å². The molecule has 1 aromatic rings. The van der Waals surface area contributed by atoms with Gasteiger partial charge < -0.3 is 15.4 Å². The maximum absolute atomic E-state index is 12.6. The summed E-state index contributed by atoms with van der Waals surface area (Å²) in [6.07, 6.45) is 4.77. The predicted octanol–water partition coefficient (Wildman–Crippen LogP) is 3.25. The molecular formula is C22H35N3O4S. The van der Waals surface area contributed by atoms with Crippen LogP contribution in [0.3, 0.4) is 0 Å². The van der Waals surface area contributed by atoms with Gasteiger partial charge in [-0.3, -0.25) is 0 Å². The molecular weight excluding hydrogens is 402 g/mol. The van der Waals surface area contributed by atoms with Gasteiger partial charge in [0.2, 0.25) is 10.0 Å². The lowest BCUT2D eigenvalue weighted by Crippen LogP contribution is -2.40. The van der Waals surface area contributed by atoms with Crippen LogP contribution >= 0.6 is 0 Å². The average Bonchev–Trinajstić information content (AvgIpc) is 3.36. The Labute approximate surface area is 180 Å². The van der Waals surface area contributed by atoms with Crippen molar-refractivity contribution in [3.63, 3.8) is 0 Å². The Hall–Kier alpha value is -1.64. The van der Waals surface area contributed by atoms with Crippen LogP contribution < -0.4 is 10.6 Å². The van der Waals surface area contributed by atoms with Gasteiger partial charge in [-0.2, -0.15) is 4.31 Å². The summed E-state index contributed by atoms with van der Waals surface area (Å²) in [4.78, 5) is 12.3. The van der Waals surface area contributed by atoms with Crippen LogP contribution in [0, 0.1) is 5.92 Å². The standard InChI is InChI=1S/C22H35N3O4S/c1-22(2,3)29-21(26)24-16-18-7-6-8-20(18)23-15-17-9-11-19(12-10-17)30(27,28)25-13-4-5-14-25/h9-12,18,20,23H,4-8,13-16H2,1-3H3,(H,24,26)/t18-,20+/m1/s1. The van der Waals surface area contributed by atoms with Crippen LogP contribution in [0.2, 0.25) is 0 Å². The van der Waals surface area contributed by atoms with Gasteiger partial charge in [-0.1, -0.05) is 18.6 Å².